The van der Waals surface area contributed by atoms with Gasteiger partial charge in [0.2, 0.25) is 0 Å². The van der Waals surface area contributed by atoms with Crippen molar-refractivity contribution in [3.05, 3.63) is 35.6 Å². The molecule has 16 heavy (non-hydrogen) atoms. The maximum absolute atomic E-state index is 12.6. The normalized spacial score (nSPS) is 10.6. The Kier molecular flexibility index (Phi) is 7.88. The number of benzene rings is 1. The fourth-order valence-electron chi connectivity index (χ4n) is 1.26. The van der Waals surface area contributed by atoms with E-state index >= 15 is 0 Å². The van der Waals surface area contributed by atoms with Gasteiger partial charge in [0.1, 0.15) is 5.82 Å². The minimum absolute atomic E-state index is 0. The Morgan fingerprint density at radius 2 is 1.94 bits per heavy atom. The average molecular weight is 337 g/mol. The third-order valence-electron chi connectivity index (χ3n) is 2.08. The van der Waals surface area contributed by atoms with Gasteiger partial charge in [-0.3, -0.25) is 4.99 Å². The summed E-state index contributed by atoms with van der Waals surface area (Å²) >= 11 is 0. The van der Waals surface area contributed by atoms with Gasteiger partial charge in [-0.25, -0.2) is 4.39 Å². The minimum atomic E-state index is -0.197. The summed E-state index contributed by atoms with van der Waals surface area (Å²) in [6.45, 7) is 0.777. The molecule has 0 bridgehead atoms. The zero-order chi connectivity index (χ0) is 11.1. The number of hydrogen-bond acceptors (Lipinski definition) is 1. The Morgan fingerprint density at radius 3 is 2.44 bits per heavy atom. The molecular weight excluding hydrogens is 320 g/mol. The molecule has 0 fully saturated rings. The van der Waals surface area contributed by atoms with E-state index in [1.54, 1.807) is 19.2 Å². The second kappa shape index (κ2) is 8.32. The van der Waals surface area contributed by atoms with Crippen molar-refractivity contribution in [2.45, 2.75) is 6.42 Å². The molecule has 0 spiro atoms. The highest BCUT2D eigenvalue weighted by Gasteiger charge is 1.95. The van der Waals surface area contributed by atoms with Crippen LogP contribution in [0.2, 0.25) is 0 Å². The maximum Gasteiger partial charge on any atom is 0.190 e. The Labute approximate surface area is 113 Å². The molecule has 0 radical (unpaired) electrons. The quantitative estimate of drug-likeness (QED) is 0.501. The van der Waals surface area contributed by atoms with E-state index in [1.807, 2.05) is 7.05 Å². The van der Waals surface area contributed by atoms with E-state index in [4.69, 9.17) is 0 Å². The second-order valence-corrected chi connectivity index (χ2v) is 3.13. The van der Waals surface area contributed by atoms with Crippen LogP contribution in [0.5, 0.6) is 0 Å². The first-order valence-corrected chi connectivity index (χ1v) is 4.89. The number of halogens is 2. The molecule has 1 rings (SSSR count). The number of guanidine groups is 1. The van der Waals surface area contributed by atoms with Crippen LogP contribution in [0.3, 0.4) is 0 Å². The fourth-order valence-corrected chi connectivity index (χ4v) is 1.26. The maximum atomic E-state index is 12.6. The van der Waals surface area contributed by atoms with Crippen molar-refractivity contribution >= 4 is 29.9 Å². The van der Waals surface area contributed by atoms with Crippen molar-refractivity contribution in [3.63, 3.8) is 0 Å². The van der Waals surface area contributed by atoms with E-state index < -0.39 is 0 Å². The lowest BCUT2D eigenvalue weighted by atomic mass is 10.1. The van der Waals surface area contributed by atoms with Crippen LogP contribution in [0, 0.1) is 5.82 Å². The third-order valence-corrected chi connectivity index (χ3v) is 2.08. The number of aliphatic imine (C=N–C) groups is 1. The smallest absolute Gasteiger partial charge is 0.190 e. The lowest BCUT2D eigenvalue weighted by Gasteiger charge is -2.07. The molecule has 0 aliphatic heterocycles. The summed E-state index contributed by atoms with van der Waals surface area (Å²) in [6, 6.07) is 6.53. The van der Waals surface area contributed by atoms with Crippen LogP contribution >= 0.6 is 24.0 Å². The van der Waals surface area contributed by atoms with E-state index in [-0.39, 0.29) is 29.8 Å². The minimum Gasteiger partial charge on any atom is -0.359 e. The van der Waals surface area contributed by atoms with Crippen LogP contribution in [-0.2, 0) is 6.42 Å². The molecule has 0 aliphatic carbocycles. The molecule has 1 aromatic carbocycles. The molecule has 0 unspecified atom stereocenters. The summed E-state index contributed by atoms with van der Waals surface area (Å²) in [4.78, 5) is 3.99. The molecule has 5 heteroatoms. The number of hydrogen-bond donors (Lipinski definition) is 2. The first-order chi connectivity index (χ1) is 7.26. The van der Waals surface area contributed by atoms with Gasteiger partial charge in [0.15, 0.2) is 5.96 Å². The second-order valence-electron chi connectivity index (χ2n) is 3.13. The van der Waals surface area contributed by atoms with Crippen molar-refractivity contribution in [3.8, 4) is 0 Å². The van der Waals surface area contributed by atoms with Crippen LogP contribution in [0.1, 0.15) is 5.56 Å². The van der Waals surface area contributed by atoms with Gasteiger partial charge < -0.3 is 10.6 Å². The largest absolute Gasteiger partial charge is 0.359 e. The molecule has 0 saturated heterocycles. The van der Waals surface area contributed by atoms with E-state index in [2.05, 4.69) is 15.6 Å². The summed E-state index contributed by atoms with van der Waals surface area (Å²) in [5, 5.41) is 6.05. The zero-order valence-corrected chi connectivity index (χ0v) is 11.8. The van der Waals surface area contributed by atoms with Crippen LogP contribution in [-0.4, -0.2) is 26.6 Å². The number of nitrogens with one attached hydrogen (secondary N) is 2. The first-order valence-electron chi connectivity index (χ1n) is 4.89. The van der Waals surface area contributed by atoms with Gasteiger partial charge in [0, 0.05) is 20.6 Å². The third kappa shape index (κ3) is 5.29. The Bertz CT molecular complexity index is 325. The first kappa shape index (κ1) is 15.2. The van der Waals surface area contributed by atoms with Crippen molar-refractivity contribution in [1.82, 2.24) is 10.6 Å². The highest BCUT2D eigenvalue weighted by molar-refractivity contribution is 14.0. The summed E-state index contributed by atoms with van der Waals surface area (Å²) in [7, 11) is 3.53. The molecule has 3 nitrogen and oxygen atoms in total. The summed E-state index contributed by atoms with van der Waals surface area (Å²) in [5.74, 6) is 0.565. The molecule has 0 saturated carbocycles. The van der Waals surface area contributed by atoms with Crippen molar-refractivity contribution in [2.75, 3.05) is 20.6 Å². The molecular formula is C11H17FIN3. The standard InChI is InChI=1S/C11H16FN3.HI/c1-13-11(14-2)15-8-7-9-3-5-10(12)6-4-9;/h3-6H,7-8H2,1-2H3,(H2,13,14,15);1H. The molecule has 0 aliphatic rings. The van der Waals surface area contributed by atoms with Gasteiger partial charge in [-0.05, 0) is 24.1 Å². The highest BCUT2D eigenvalue weighted by atomic mass is 127. The summed E-state index contributed by atoms with van der Waals surface area (Å²) in [6.07, 6.45) is 0.848. The van der Waals surface area contributed by atoms with Crippen LogP contribution in [0.4, 0.5) is 4.39 Å². The predicted octanol–water partition coefficient (Wildman–Crippen LogP) is 1.78. The topological polar surface area (TPSA) is 36.4 Å². The molecule has 0 amide bonds. The van der Waals surface area contributed by atoms with Gasteiger partial charge in [-0.1, -0.05) is 12.1 Å². The summed E-state index contributed by atoms with van der Waals surface area (Å²) in [5.41, 5.74) is 1.11. The van der Waals surface area contributed by atoms with Crippen LogP contribution in [0.25, 0.3) is 0 Å². The average Bonchev–Trinajstić information content (AvgIpc) is 2.27. The van der Waals surface area contributed by atoms with Crippen molar-refractivity contribution < 1.29 is 4.39 Å². The lowest BCUT2D eigenvalue weighted by molar-refractivity contribution is 0.627. The lowest BCUT2D eigenvalue weighted by Crippen LogP contribution is -2.35. The monoisotopic (exact) mass is 337 g/mol. The van der Waals surface area contributed by atoms with Crippen molar-refractivity contribution in [2.24, 2.45) is 4.99 Å². The molecule has 0 atom stereocenters. The van der Waals surface area contributed by atoms with Gasteiger partial charge in [0.25, 0.3) is 0 Å². The van der Waals surface area contributed by atoms with Gasteiger partial charge in [-0.15, -0.1) is 24.0 Å². The number of nitrogens with zero attached hydrogens (tertiary/aromatic N) is 1. The van der Waals surface area contributed by atoms with Gasteiger partial charge in [-0.2, -0.15) is 0 Å². The molecule has 0 heterocycles. The molecule has 0 aromatic heterocycles. The molecule has 90 valence electrons. The van der Waals surface area contributed by atoms with E-state index in [0.29, 0.717) is 0 Å². The van der Waals surface area contributed by atoms with Gasteiger partial charge >= 0.3 is 0 Å². The van der Waals surface area contributed by atoms with Crippen LogP contribution < -0.4 is 10.6 Å². The van der Waals surface area contributed by atoms with Crippen LogP contribution in [0.15, 0.2) is 29.3 Å². The highest BCUT2D eigenvalue weighted by Crippen LogP contribution is 2.02. The fraction of sp³-hybridized carbons (Fsp3) is 0.364. The Morgan fingerprint density at radius 1 is 1.31 bits per heavy atom. The SMILES string of the molecule is CN=C(NC)NCCc1ccc(F)cc1.I. The predicted molar refractivity (Wildman–Crippen MR) is 75.9 cm³/mol. The molecule has 1 aromatic rings. The van der Waals surface area contributed by atoms with Crippen molar-refractivity contribution in [1.29, 1.82) is 0 Å². The molecule has 2 N–H and O–H groups in total. The zero-order valence-electron chi connectivity index (χ0n) is 9.46. The summed E-state index contributed by atoms with van der Waals surface area (Å²) < 4.78 is 12.6. The Balaban J connectivity index is 0.00000225. The van der Waals surface area contributed by atoms with E-state index in [9.17, 15) is 4.39 Å². The van der Waals surface area contributed by atoms with E-state index in [0.717, 1.165) is 24.5 Å². The van der Waals surface area contributed by atoms with Gasteiger partial charge in [0.05, 0.1) is 0 Å². The number of rotatable bonds is 3. The van der Waals surface area contributed by atoms with E-state index in [1.165, 1.54) is 12.1 Å². The Hall–Kier alpha value is -0.850.